The molecule has 118 valence electrons. The number of benzene rings is 1. The molecular formula is C19H16N4O. The van der Waals surface area contributed by atoms with E-state index in [2.05, 4.69) is 10.1 Å². The SMILES string of the molecule is Cc1nn2c3ccccc3n(C)c2c1C(=O)/C=C/c1ccccn1. The number of fused-ring (bicyclic) bond motifs is 3. The summed E-state index contributed by atoms with van der Waals surface area (Å²) < 4.78 is 3.85. The Balaban J connectivity index is 1.86. The van der Waals surface area contributed by atoms with E-state index in [1.807, 2.05) is 65.5 Å². The van der Waals surface area contributed by atoms with Crippen LogP contribution in [-0.2, 0) is 7.05 Å². The summed E-state index contributed by atoms with van der Waals surface area (Å²) >= 11 is 0. The number of para-hydroxylation sites is 2. The first-order chi connectivity index (χ1) is 11.7. The molecule has 4 aromatic rings. The highest BCUT2D eigenvalue weighted by atomic mass is 16.1. The van der Waals surface area contributed by atoms with Gasteiger partial charge in [-0.05, 0) is 43.3 Å². The molecule has 5 heteroatoms. The van der Waals surface area contributed by atoms with Crippen LogP contribution in [0.5, 0.6) is 0 Å². The second-order valence-corrected chi connectivity index (χ2v) is 5.70. The summed E-state index contributed by atoms with van der Waals surface area (Å²) in [6.07, 6.45) is 5.00. The molecule has 0 bridgehead atoms. The number of aromatic nitrogens is 4. The summed E-state index contributed by atoms with van der Waals surface area (Å²) in [7, 11) is 1.96. The Hall–Kier alpha value is -3.21. The molecule has 0 aliphatic rings. The van der Waals surface area contributed by atoms with Gasteiger partial charge in [-0.1, -0.05) is 18.2 Å². The normalized spacial score (nSPS) is 11.8. The lowest BCUT2D eigenvalue weighted by molar-refractivity contribution is 0.104. The van der Waals surface area contributed by atoms with Crippen LogP contribution in [0.4, 0.5) is 0 Å². The Bertz CT molecular complexity index is 1090. The maximum absolute atomic E-state index is 12.8. The van der Waals surface area contributed by atoms with Crippen molar-refractivity contribution in [3.63, 3.8) is 0 Å². The number of hydrogen-bond acceptors (Lipinski definition) is 3. The number of aryl methyl sites for hydroxylation is 2. The molecule has 0 fully saturated rings. The zero-order chi connectivity index (χ0) is 16.7. The fourth-order valence-electron chi connectivity index (χ4n) is 3.04. The van der Waals surface area contributed by atoms with E-state index in [0.717, 1.165) is 28.1 Å². The molecule has 3 heterocycles. The van der Waals surface area contributed by atoms with E-state index in [4.69, 9.17) is 0 Å². The molecule has 0 aliphatic heterocycles. The van der Waals surface area contributed by atoms with E-state index < -0.39 is 0 Å². The summed E-state index contributed by atoms with van der Waals surface area (Å²) in [4.78, 5) is 17.0. The molecular weight excluding hydrogens is 300 g/mol. The number of pyridine rings is 1. The van der Waals surface area contributed by atoms with E-state index in [9.17, 15) is 4.79 Å². The molecule has 0 saturated heterocycles. The quantitative estimate of drug-likeness (QED) is 0.430. The molecule has 4 rings (SSSR count). The van der Waals surface area contributed by atoms with Gasteiger partial charge in [0.15, 0.2) is 5.78 Å². The molecule has 0 radical (unpaired) electrons. The van der Waals surface area contributed by atoms with Crippen molar-refractivity contribution in [2.75, 3.05) is 0 Å². The Morgan fingerprint density at radius 1 is 1.08 bits per heavy atom. The van der Waals surface area contributed by atoms with Crippen molar-refractivity contribution in [2.45, 2.75) is 6.92 Å². The third-order valence-electron chi connectivity index (χ3n) is 4.16. The summed E-state index contributed by atoms with van der Waals surface area (Å²) in [5, 5.41) is 4.56. The maximum Gasteiger partial charge on any atom is 0.191 e. The van der Waals surface area contributed by atoms with Crippen molar-refractivity contribution < 1.29 is 4.79 Å². The van der Waals surface area contributed by atoms with E-state index in [1.54, 1.807) is 18.3 Å². The Labute approximate surface area is 138 Å². The average Bonchev–Trinajstić information content (AvgIpc) is 3.09. The molecule has 0 aliphatic carbocycles. The van der Waals surface area contributed by atoms with E-state index >= 15 is 0 Å². The molecule has 1 aromatic carbocycles. The standard InChI is InChI=1S/C19H16N4O/c1-13-18(17(24)11-10-14-7-5-6-12-20-14)19-22(2)15-8-3-4-9-16(15)23(19)21-13/h3-12H,1-2H3/b11-10+. The largest absolute Gasteiger partial charge is 0.327 e. The van der Waals surface area contributed by atoms with E-state index in [1.165, 1.54) is 0 Å². The van der Waals surface area contributed by atoms with Gasteiger partial charge in [-0.2, -0.15) is 5.10 Å². The predicted molar refractivity (Wildman–Crippen MR) is 94.0 cm³/mol. The predicted octanol–water partition coefficient (Wildman–Crippen LogP) is 3.43. The van der Waals surface area contributed by atoms with E-state index in [-0.39, 0.29) is 5.78 Å². The molecule has 24 heavy (non-hydrogen) atoms. The minimum Gasteiger partial charge on any atom is -0.327 e. The van der Waals surface area contributed by atoms with Crippen molar-refractivity contribution in [1.82, 2.24) is 19.2 Å². The van der Waals surface area contributed by atoms with Gasteiger partial charge in [-0.25, -0.2) is 4.52 Å². The van der Waals surface area contributed by atoms with Crippen LogP contribution in [0, 0.1) is 6.92 Å². The molecule has 0 spiro atoms. The fourth-order valence-corrected chi connectivity index (χ4v) is 3.04. The number of ketones is 1. The van der Waals surface area contributed by atoms with Crippen LogP contribution >= 0.6 is 0 Å². The second kappa shape index (κ2) is 5.45. The maximum atomic E-state index is 12.8. The van der Waals surface area contributed by atoms with Gasteiger partial charge >= 0.3 is 0 Å². The first kappa shape index (κ1) is 14.4. The number of imidazole rings is 1. The highest BCUT2D eigenvalue weighted by molar-refractivity contribution is 6.12. The third-order valence-corrected chi connectivity index (χ3v) is 4.16. The van der Waals surface area contributed by atoms with Gasteiger partial charge in [0.2, 0.25) is 0 Å². The summed E-state index contributed by atoms with van der Waals surface area (Å²) in [6.45, 7) is 1.86. The van der Waals surface area contributed by atoms with Crippen molar-refractivity contribution >= 4 is 28.5 Å². The molecule has 0 unspecified atom stereocenters. The lowest BCUT2D eigenvalue weighted by Gasteiger charge is -1.99. The topological polar surface area (TPSA) is 52.2 Å². The Kier molecular flexibility index (Phi) is 3.27. The van der Waals surface area contributed by atoms with Crippen LogP contribution < -0.4 is 0 Å². The minimum absolute atomic E-state index is 0.0703. The van der Waals surface area contributed by atoms with Crippen LogP contribution in [0.2, 0.25) is 0 Å². The van der Waals surface area contributed by atoms with Gasteiger partial charge in [-0.15, -0.1) is 0 Å². The van der Waals surface area contributed by atoms with Crippen molar-refractivity contribution in [3.8, 4) is 0 Å². The van der Waals surface area contributed by atoms with Crippen LogP contribution in [0.1, 0.15) is 21.7 Å². The first-order valence-electron chi connectivity index (χ1n) is 7.73. The number of hydrogen-bond donors (Lipinski definition) is 0. The molecule has 0 N–H and O–H groups in total. The average molecular weight is 316 g/mol. The van der Waals surface area contributed by atoms with Crippen LogP contribution in [0.15, 0.2) is 54.7 Å². The molecule has 0 atom stereocenters. The lowest BCUT2D eigenvalue weighted by atomic mass is 10.1. The number of rotatable bonds is 3. The molecule has 5 nitrogen and oxygen atoms in total. The van der Waals surface area contributed by atoms with Crippen molar-refractivity contribution in [1.29, 1.82) is 0 Å². The fraction of sp³-hybridized carbons (Fsp3) is 0.105. The Morgan fingerprint density at radius 3 is 2.58 bits per heavy atom. The summed E-state index contributed by atoms with van der Waals surface area (Å²) in [5.74, 6) is -0.0703. The van der Waals surface area contributed by atoms with Crippen LogP contribution in [-0.4, -0.2) is 24.9 Å². The zero-order valence-electron chi connectivity index (χ0n) is 13.5. The van der Waals surface area contributed by atoms with E-state index in [0.29, 0.717) is 5.56 Å². The first-order valence-corrected chi connectivity index (χ1v) is 7.73. The van der Waals surface area contributed by atoms with Gasteiger partial charge in [0.25, 0.3) is 0 Å². The third kappa shape index (κ3) is 2.13. The second-order valence-electron chi connectivity index (χ2n) is 5.70. The highest BCUT2D eigenvalue weighted by Gasteiger charge is 2.20. The van der Waals surface area contributed by atoms with Crippen molar-refractivity contribution in [2.24, 2.45) is 7.05 Å². The zero-order valence-corrected chi connectivity index (χ0v) is 13.5. The Morgan fingerprint density at radius 2 is 1.83 bits per heavy atom. The van der Waals surface area contributed by atoms with Gasteiger partial charge in [0.1, 0.15) is 5.65 Å². The monoisotopic (exact) mass is 316 g/mol. The summed E-state index contributed by atoms with van der Waals surface area (Å²) in [5.41, 5.74) is 4.95. The number of carbonyl (C=O) groups excluding carboxylic acids is 1. The lowest BCUT2D eigenvalue weighted by Crippen LogP contribution is -2.00. The van der Waals surface area contributed by atoms with Crippen molar-refractivity contribution in [3.05, 3.63) is 71.7 Å². The van der Waals surface area contributed by atoms with Crippen LogP contribution in [0.3, 0.4) is 0 Å². The van der Waals surface area contributed by atoms with Gasteiger partial charge in [0, 0.05) is 13.2 Å². The molecule has 0 amide bonds. The molecule has 0 saturated carbocycles. The smallest absolute Gasteiger partial charge is 0.191 e. The van der Waals surface area contributed by atoms with Gasteiger partial charge in [0.05, 0.1) is 28.0 Å². The molecule has 3 aromatic heterocycles. The van der Waals surface area contributed by atoms with Gasteiger partial charge < -0.3 is 4.57 Å². The van der Waals surface area contributed by atoms with Gasteiger partial charge in [-0.3, -0.25) is 9.78 Å². The number of allylic oxidation sites excluding steroid dienone is 1. The number of nitrogens with zero attached hydrogens (tertiary/aromatic N) is 4. The summed E-state index contributed by atoms with van der Waals surface area (Å²) in [6, 6.07) is 13.6. The highest BCUT2D eigenvalue weighted by Crippen LogP contribution is 2.24. The minimum atomic E-state index is -0.0703. The van der Waals surface area contributed by atoms with Crippen LogP contribution in [0.25, 0.3) is 22.8 Å². The number of carbonyl (C=O) groups is 1.